The van der Waals surface area contributed by atoms with Crippen molar-refractivity contribution in [3.05, 3.63) is 35.4 Å². The minimum Gasteiger partial charge on any atom is -0.357 e. The number of rotatable bonds is 5. The third-order valence-electron chi connectivity index (χ3n) is 3.93. The van der Waals surface area contributed by atoms with Crippen LogP contribution in [0.15, 0.2) is 29.3 Å². The van der Waals surface area contributed by atoms with Crippen LogP contribution in [0.4, 0.5) is 0 Å². The molecule has 1 aliphatic rings. The van der Waals surface area contributed by atoms with Gasteiger partial charge in [-0.2, -0.15) is 0 Å². The molecule has 2 N–H and O–H groups in total. The number of aliphatic imine (C=N–C) groups is 1. The summed E-state index contributed by atoms with van der Waals surface area (Å²) < 4.78 is 0. The van der Waals surface area contributed by atoms with Gasteiger partial charge < -0.3 is 15.5 Å². The SMILES string of the molecule is CCNC(=NCc1ccc(C)cc1)NCC1CCN(C)C1.I. The Morgan fingerprint density at radius 3 is 2.59 bits per heavy atom. The van der Waals surface area contributed by atoms with Crippen LogP contribution in [0.3, 0.4) is 0 Å². The standard InChI is InChI=1S/C17H28N4.HI/c1-4-18-17(20-12-16-9-10-21(3)13-16)19-11-15-7-5-14(2)6-8-15;/h5-8,16H,4,9-13H2,1-3H3,(H2,18,19,20);1H. The second kappa shape index (κ2) is 10.0. The van der Waals surface area contributed by atoms with E-state index in [1.54, 1.807) is 0 Å². The minimum atomic E-state index is 0. The number of guanidine groups is 1. The van der Waals surface area contributed by atoms with Crippen LogP contribution >= 0.6 is 24.0 Å². The Hall–Kier alpha value is -0.820. The van der Waals surface area contributed by atoms with Gasteiger partial charge in [0, 0.05) is 19.6 Å². The van der Waals surface area contributed by atoms with Crippen LogP contribution in [0, 0.1) is 12.8 Å². The van der Waals surface area contributed by atoms with Crippen molar-refractivity contribution in [2.75, 3.05) is 33.2 Å². The number of hydrogen-bond donors (Lipinski definition) is 2. The van der Waals surface area contributed by atoms with Crippen molar-refractivity contribution < 1.29 is 0 Å². The van der Waals surface area contributed by atoms with E-state index in [1.807, 2.05) is 0 Å². The molecule has 2 rings (SSSR count). The van der Waals surface area contributed by atoms with Crippen molar-refractivity contribution in [1.29, 1.82) is 0 Å². The minimum absolute atomic E-state index is 0. The van der Waals surface area contributed by atoms with E-state index in [1.165, 1.54) is 30.6 Å². The maximum absolute atomic E-state index is 4.67. The Bertz CT molecular complexity index is 458. The fraction of sp³-hybridized carbons (Fsp3) is 0.588. The quantitative estimate of drug-likeness (QED) is 0.441. The lowest BCUT2D eigenvalue weighted by molar-refractivity contribution is 0.394. The molecule has 0 amide bonds. The first kappa shape index (κ1) is 19.2. The molecular weight excluding hydrogens is 387 g/mol. The molecule has 0 saturated carbocycles. The van der Waals surface area contributed by atoms with Crippen molar-refractivity contribution in [1.82, 2.24) is 15.5 Å². The van der Waals surface area contributed by atoms with Crippen molar-refractivity contribution in [2.45, 2.75) is 26.8 Å². The van der Waals surface area contributed by atoms with E-state index in [0.29, 0.717) is 0 Å². The number of aryl methyl sites for hydroxylation is 1. The highest BCUT2D eigenvalue weighted by Gasteiger charge is 2.19. The molecule has 0 spiro atoms. The maximum atomic E-state index is 4.67. The molecule has 1 unspecified atom stereocenters. The molecule has 1 atom stereocenters. The summed E-state index contributed by atoms with van der Waals surface area (Å²) in [6.45, 7) is 9.23. The van der Waals surface area contributed by atoms with E-state index in [9.17, 15) is 0 Å². The molecule has 1 heterocycles. The molecule has 22 heavy (non-hydrogen) atoms. The summed E-state index contributed by atoms with van der Waals surface area (Å²) in [5, 5.41) is 6.80. The van der Waals surface area contributed by atoms with Crippen LogP contribution in [0.2, 0.25) is 0 Å². The lowest BCUT2D eigenvalue weighted by atomic mass is 10.1. The molecule has 4 nitrogen and oxygen atoms in total. The van der Waals surface area contributed by atoms with Gasteiger partial charge in [-0.05, 0) is 45.3 Å². The third kappa shape index (κ3) is 6.52. The fourth-order valence-electron chi connectivity index (χ4n) is 2.64. The zero-order valence-electron chi connectivity index (χ0n) is 13.9. The van der Waals surface area contributed by atoms with Crippen LogP contribution in [0.5, 0.6) is 0 Å². The summed E-state index contributed by atoms with van der Waals surface area (Å²) in [6.07, 6.45) is 1.28. The first-order valence-corrected chi connectivity index (χ1v) is 7.93. The monoisotopic (exact) mass is 416 g/mol. The molecule has 1 fully saturated rings. The van der Waals surface area contributed by atoms with Crippen LogP contribution in [0.25, 0.3) is 0 Å². The summed E-state index contributed by atoms with van der Waals surface area (Å²) in [7, 11) is 2.19. The average molecular weight is 416 g/mol. The van der Waals surface area contributed by atoms with Gasteiger partial charge in [-0.3, -0.25) is 0 Å². The molecular formula is C17H29IN4. The van der Waals surface area contributed by atoms with E-state index in [4.69, 9.17) is 0 Å². The first-order chi connectivity index (χ1) is 10.2. The van der Waals surface area contributed by atoms with Gasteiger partial charge in [0.15, 0.2) is 5.96 Å². The van der Waals surface area contributed by atoms with Crippen LogP contribution < -0.4 is 10.6 Å². The van der Waals surface area contributed by atoms with Gasteiger partial charge >= 0.3 is 0 Å². The molecule has 5 heteroatoms. The number of likely N-dealkylation sites (tertiary alicyclic amines) is 1. The molecule has 0 bridgehead atoms. The van der Waals surface area contributed by atoms with E-state index < -0.39 is 0 Å². The Morgan fingerprint density at radius 2 is 2.00 bits per heavy atom. The van der Waals surface area contributed by atoms with Gasteiger partial charge in [-0.15, -0.1) is 24.0 Å². The molecule has 1 aromatic rings. The second-order valence-electron chi connectivity index (χ2n) is 5.98. The smallest absolute Gasteiger partial charge is 0.191 e. The summed E-state index contributed by atoms with van der Waals surface area (Å²) in [5.41, 5.74) is 2.54. The number of halogens is 1. The summed E-state index contributed by atoms with van der Waals surface area (Å²) in [5.74, 6) is 1.66. The van der Waals surface area contributed by atoms with E-state index in [-0.39, 0.29) is 24.0 Å². The van der Waals surface area contributed by atoms with E-state index in [2.05, 4.69) is 65.7 Å². The molecule has 0 aliphatic carbocycles. The van der Waals surface area contributed by atoms with E-state index in [0.717, 1.165) is 31.5 Å². The summed E-state index contributed by atoms with van der Waals surface area (Å²) in [6, 6.07) is 8.57. The number of hydrogen-bond acceptors (Lipinski definition) is 2. The Balaban J connectivity index is 0.00000242. The van der Waals surface area contributed by atoms with E-state index >= 15 is 0 Å². The zero-order valence-corrected chi connectivity index (χ0v) is 16.3. The van der Waals surface area contributed by atoms with Gasteiger partial charge in [-0.1, -0.05) is 29.8 Å². The average Bonchev–Trinajstić information content (AvgIpc) is 2.89. The molecule has 0 radical (unpaired) electrons. The highest BCUT2D eigenvalue weighted by molar-refractivity contribution is 14.0. The predicted molar refractivity (Wildman–Crippen MR) is 105 cm³/mol. The molecule has 1 aliphatic heterocycles. The van der Waals surface area contributed by atoms with Crippen molar-refractivity contribution >= 4 is 29.9 Å². The lowest BCUT2D eigenvalue weighted by Crippen LogP contribution is -2.40. The van der Waals surface area contributed by atoms with Crippen LogP contribution in [-0.2, 0) is 6.54 Å². The summed E-state index contributed by atoms with van der Waals surface area (Å²) in [4.78, 5) is 7.07. The largest absolute Gasteiger partial charge is 0.357 e. The Kier molecular flexibility index (Phi) is 8.78. The molecule has 0 aromatic heterocycles. The zero-order chi connectivity index (χ0) is 15.1. The topological polar surface area (TPSA) is 39.7 Å². The maximum Gasteiger partial charge on any atom is 0.191 e. The predicted octanol–water partition coefficient (Wildman–Crippen LogP) is 2.62. The Labute approximate surface area is 151 Å². The molecule has 1 aromatic carbocycles. The van der Waals surface area contributed by atoms with Gasteiger partial charge in [0.05, 0.1) is 6.54 Å². The van der Waals surface area contributed by atoms with Gasteiger partial charge in [0.25, 0.3) is 0 Å². The molecule has 124 valence electrons. The Morgan fingerprint density at radius 1 is 1.27 bits per heavy atom. The highest BCUT2D eigenvalue weighted by atomic mass is 127. The number of benzene rings is 1. The number of nitrogens with zero attached hydrogens (tertiary/aromatic N) is 2. The highest BCUT2D eigenvalue weighted by Crippen LogP contribution is 2.12. The van der Waals surface area contributed by atoms with Gasteiger partial charge in [0.2, 0.25) is 0 Å². The summed E-state index contributed by atoms with van der Waals surface area (Å²) >= 11 is 0. The lowest BCUT2D eigenvalue weighted by Gasteiger charge is -2.15. The van der Waals surface area contributed by atoms with Crippen molar-refractivity contribution in [3.63, 3.8) is 0 Å². The molecule has 1 saturated heterocycles. The van der Waals surface area contributed by atoms with Crippen LogP contribution in [-0.4, -0.2) is 44.1 Å². The fourth-order valence-corrected chi connectivity index (χ4v) is 2.64. The van der Waals surface area contributed by atoms with Crippen molar-refractivity contribution in [2.24, 2.45) is 10.9 Å². The number of nitrogens with one attached hydrogen (secondary N) is 2. The van der Waals surface area contributed by atoms with Crippen LogP contribution in [0.1, 0.15) is 24.5 Å². The first-order valence-electron chi connectivity index (χ1n) is 7.93. The normalized spacial score (nSPS) is 18.9. The second-order valence-corrected chi connectivity index (χ2v) is 5.98. The van der Waals surface area contributed by atoms with Gasteiger partial charge in [0.1, 0.15) is 0 Å². The van der Waals surface area contributed by atoms with Crippen molar-refractivity contribution in [3.8, 4) is 0 Å². The van der Waals surface area contributed by atoms with Gasteiger partial charge in [-0.25, -0.2) is 4.99 Å². The third-order valence-corrected chi connectivity index (χ3v) is 3.93.